The number of esters is 1. The summed E-state index contributed by atoms with van der Waals surface area (Å²) in [7, 11) is 0. The van der Waals surface area contributed by atoms with Crippen LogP contribution < -0.4 is 5.48 Å². The quantitative estimate of drug-likeness (QED) is 0.0876. The van der Waals surface area contributed by atoms with Gasteiger partial charge in [-0.2, -0.15) is 0 Å². The Balaban J connectivity index is 0.00000441. The number of carbonyl (C=O) groups is 2. The van der Waals surface area contributed by atoms with E-state index in [1.54, 1.807) is 0 Å². The Morgan fingerprint density at radius 3 is 2.45 bits per heavy atom. The molecule has 224 valence electrons. The summed E-state index contributed by atoms with van der Waals surface area (Å²) in [4.78, 5) is 28.4. The number of allylic oxidation sites excluding steroid dienone is 1. The van der Waals surface area contributed by atoms with E-state index in [1.807, 2.05) is 13.8 Å². The molecule has 4 aliphatic rings. The standard InChI is InChI=1S/C34H57NO4.Na.H/c1-22(2)9-8-10-24(5)28-13-14-29-27-12-11-25-20-26(39-32(37)31(19-23(3)4)35-38-21-36)15-17-33(25,6)30(27)16-18-34(28,29)7;;/h11,21-24,26-31,35H,8-10,12-20H2,1-7H3;;/t24-,26+,27+,28-,29+,30+,31+,33+,34-;;/m1../s1. The SMILES string of the molecule is CC(C)CCC[C@@H](C)[C@H]1CC[C@H]2[C@@H]3CC=C4C[C@@H](OC(=O)[C@H](CC(C)C)NOC=O)CC[C@]4(C)[C@H]3CC[C@]12C.[NaH]. The molecule has 0 spiro atoms. The number of ether oxygens (including phenoxy) is 1. The number of carbonyl (C=O) groups excluding carboxylic acids is 2. The molecule has 3 fully saturated rings. The first-order valence-corrected chi connectivity index (χ1v) is 16.2. The van der Waals surface area contributed by atoms with E-state index < -0.39 is 6.04 Å². The van der Waals surface area contributed by atoms with Crippen LogP contribution in [-0.4, -0.2) is 54.1 Å². The van der Waals surface area contributed by atoms with E-state index in [0.717, 1.165) is 54.8 Å². The molecule has 0 aromatic carbocycles. The minimum atomic E-state index is -0.618. The Bertz CT molecular complexity index is 889. The number of fused-ring (bicyclic) bond motifs is 5. The van der Waals surface area contributed by atoms with Crippen molar-refractivity contribution in [1.29, 1.82) is 0 Å². The predicted octanol–water partition coefficient (Wildman–Crippen LogP) is 7.38. The maximum absolute atomic E-state index is 13.0. The van der Waals surface area contributed by atoms with Crippen molar-refractivity contribution >= 4 is 42.0 Å². The van der Waals surface area contributed by atoms with Gasteiger partial charge in [0.1, 0.15) is 12.1 Å². The predicted molar refractivity (Wildman–Crippen MR) is 164 cm³/mol. The van der Waals surface area contributed by atoms with Crippen molar-refractivity contribution in [3.05, 3.63) is 11.6 Å². The molecule has 1 N–H and O–H groups in total. The van der Waals surface area contributed by atoms with Crippen molar-refractivity contribution in [3.63, 3.8) is 0 Å². The Morgan fingerprint density at radius 2 is 1.77 bits per heavy atom. The molecule has 3 saturated carbocycles. The Labute approximate surface area is 267 Å². The van der Waals surface area contributed by atoms with Gasteiger partial charge in [0, 0.05) is 6.42 Å². The summed E-state index contributed by atoms with van der Waals surface area (Å²) >= 11 is 0. The van der Waals surface area contributed by atoms with Crippen molar-refractivity contribution in [2.24, 2.45) is 52.3 Å². The molecule has 0 unspecified atom stereocenters. The van der Waals surface area contributed by atoms with Crippen molar-refractivity contribution in [2.75, 3.05) is 0 Å². The van der Waals surface area contributed by atoms with Gasteiger partial charge in [-0.3, -0.25) is 9.59 Å². The Morgan fingerprint density at radius 1 is 1.02 bits per heavy atom. The third-order valence-electron chi connectivity index (χ3n) is 11.8. The van der Waals surface area contributed by atoms with Gasteiger partial charge in [-0.05, 0) is 104 Å². The van der Waals surface area contributed by atoms with Gasteiger partial charge in [-0.15, -0.1) is 5.48 Å². The van der Waals surface area contributed by atoms with Crippen LogP contribution in [0.15, 0.2) is 11.6 Å². The molecule has 4 rings (SSSR count). The first-order chi connectivity index (χ1) is 18.5. The average Bonchev–Trinajstić information content (AvgIpc) is 3.23. The maximum atomic E-state index is 13.0. The molecule has 0 aromatic rings. The molecule has 5 nitrogen and oxygen atoms in total. The van der Waals surface area contributed by atoms with Crippen LogP contribution in [0.3, 0.4) is 0 Å². The van der Waals surface area contributed by atoms with E-state index in [9.17, 15) is 9.59 Å². The van der Waals surface area contributed by atoms with Crippen LogP contribution in [0.1, 0.15) is 126 Å². The van der Waals surface area contributed by atoms with Crippen LogP contribution in [0, 0.1) is 52.3 Å². The molecule has 0 aromatic heterocycles. The van der Waals surface area contributed by atoms with E-state index in [4.69, 9.17) is 9.57 Å². The van der Waals surface area contributed by atoms with Gasteiger partial charge in [0.05, 0.1) is 0 Å². The third kappa shape index (κ3) is 7.22. The molecule has 4 aliphatic carbocycles. The second-order valence-electron chi connectivity index (χ2n) is 15.1. The zero-order valence-electron chi connectivity index (χ0n) is 26.0. The Hall–Kier alpha value is -0.360. The van der Waals surface area contributed by atoms with Crippen LogP contribution >= 0.6 is 0 Å². The van der Waals surface area contributed by atoms with E-state index in [-0.39, 0.29) is 53.0 Å². The van der Waals surface area contributed by atoms with Crippen molar-refractivity contribution in [2.45, 2.75) is 138 Å². The second kappa shape index (κ2) is 14.4. The first kappa shape index (κ1) is 34.1. The topological polar surface area (TPSA) is 64.6 Å². The van der Waals surface area contributed by atoms with Gasteiger partial charge >= 0.3 is 42.0 Å². The van der Waals surface area contributed by atoms with E-state index >= 15 is 0 Å². The van der Waals surface area contributed by atoms with Crippen molar-refractivity contribution in [3.8, 4) is 0 Å². The molecule has 0 aliphatic heterocycles. The number of rotatable bonds is 12. The summed E-state index contributed by atoms with van der Waals surface area (Å²) in [5.41, 5.74) is 4.87. The first-order valence-electron chi connectivity index (χ1n) is 16.2. The Kier molecular flexibility index (Phi) is 12.3. The third-order valence-corrected chi connectivity index (χ3v) is 11.8. The van der Waals surface area contributed by atoms with Crippen LogP contribution in [0.5, 0.6) is 0 Å². The molecular formula is C34H58NNaO4. The molecule has 0 amide bonds. The van der Waals surface area contributed by atoms with Crippen LogP contribution in [0.2, 0.25) is 0 Å². The fraction of sp³-hybridized carbons (Fsp3) is 0.882. The second-order valence-corrected chi connectivity index (χ2v) is 15.1. The zero-order valence-corrected chi connectivity index (χ0v) is 26.0. The molecule has 0 saturated heterocycles. The monoisotopic (exact) mass is 567 g/mol. The molecular weight excluding hydrogens is 509 g/mol. The van der Waals surface area contributed by atoms with Gasteiger partial charge in [0.25, 0.3) is 0 Å². The summed E-state index contributed by atoms with van der Waals surface area (Å²) < 4.78 is 6.02. The summed E-state index contributed by atoms with van der Waals surface area (Å²) in [5.74, 6) is 4.96. The molecule has 9 atom stereocenters. The summed E-state index contributed by atoms with van der Waals surface area (Å²) in [6.45, 7) is 16.9. The number of hydrogen-bond acceptors (Lipinski definition) is 5. The fourth-order valence-corrected chi connectivity index (χ4v) is 9.77. The molecule has 40 heavy (non-hydrogen) atoms. The summed E-state index contributed by atoms with van der Waals surface area (Å²) in [6, 6.07) is -0.618. The molecule has 0 bridgehead atoms. The van der Waals surface area contributed by atoms with E-state index in [0.29, 0.717) is 18.3 Å². The summed E-state index contributed by atoms with van der Waals surface area (Å²) in [5, 5.41) is 0. The fourth-order valence-electron chi connectivity index (χ4n) is 9.77. The molecule has 0 radical (unpaired) electrons. The number of nitrogens with one attached hydrogen (secondary N) is 1. The van der Waals surface area contributed by atoms with Crippen molar-refractivity contribution < 1.29 is 19.2 Å². The zero-order chi connectivity index (χ0) is 28.4. The minimum absolute atomic E-state index is 0. The normalized spacial score (nSPS) is 36.4. The van der Waals surface area contributed by atoms with E-state index in [2.05, 4.69) is 46.2 Å². The van der Waals surface area contributed by atoms with Gasteiger partial charge in [-0.25, -0.2) is 0 Å². The van der Waals surface area contributed by atoms with Gasteiger partial charge in [0.15, 0.2) is 0 Å². The van der Waals surface area contributed by atoms with Crippen molar-refractivity contribution in [1.82, 2.24) is 5.48 Å². The molecule has 0 heterocycles. The number of hydrogen-bond donors (Lipinski definition) is 1. The average molecular weight is 568 g/mol. The van der Waals surface area contributed by atoms with Gasteiger partial charge in [0.2, 0.25) is 0 Å². The summed E-state index contributed by atoms with van der Waals surface area (Å²) in [6.07, 6.45) is 16.9. The van der Waals surface area contributed by atoms with E-state index in [1.165, 1.54) is 56.9 Å². The molecule has 6 heteroatoms. The van der Waals surface area contributed by atoms with Crippen LogP contribution in [0.4, 0.5) is 0 Å². The van der Waals surface area contributed by atoms with Gasteiger partial charge < -0.3 is 9.57 Å². The van der Waals surface area contributed by atoms with Crippen LogP contribution in [-0.2, 0) is 19.2 Å². The van der Waals surface area contributed by atoms with Gasteiger partial charge in [-0.1, -0.05) is 79.4 Å². The number of hydroxylamine groups is 1. The van der Waals surface area contributed by atoms with Crippen LogP contribution in [0.25, 0.3) is 0 Å².